The molecule has 0 amide bonds. The van der Waals surface area contributed by atoms with Crippen molar-refractivity contribution >= 4 is 5.97 Å². The lowest BCUT2D eigenvalue weighted by Crippen LogP contribution is -2.03. The van der Waals surface area contributed by atoms with Gasteiger partial charge in [0, 0.05) is 11.1 Å². The summed E-state index contributed by atoms with van der Waals surface area (Å²) in [4.78, 5) is 12.3. The highest BCUT2D eigenvalue weighted by Crippen LogP contribution is 2.34. The molecule has 28 heavy (non-hydrogen) atoms. The first-order valence-corrected chi connectivity index (χ1v) is 8.66. The van der Waals surface area contributed by atoms with Gasteiger partial charge in [0.2, 0.25) is 0 Å². The summed E-state index contributed by atoms with van der Waals surface area (Å²) >= 11 is 0. The standard InChI is InChI=1S/C23H15N3O2/c24-15-16-11-13-17(14-12-16)21-20(23(27)28)22(18-7-3-1-4-8-18)26(25-21)19-9-5-2-6-10-19/h1-14H,(H,27,28). The molecule has 0 fully saturated rings. The monoisotopic (exact) mass is 365 g/mol. The van der Waals surface area contributed by atoms with Crippen molar-refractivity contribution in [3.63, 3.8) is 0 Å². The van der Waals surface area contributed by atoms with Gasteiger partial charge < -0.3 is 5.11 Å². The number of nitrogens with zero attached hydrogens (tertiary/aromatic N) is 3. The molecule has 0 aliphatic carbocycles. The number of benzene rings is 3. The van der Waals surface area contributed by atoms with Crippen LogP contribution >= 0.6 is 0 Å². The van der Waals surface area contributed by atoms with E-state index in [1.54, 1.807) is 28.9 Å². The number of nitriles is 1. The predicted octanol–water partition coefficient (Wildman–Crippen LogP) is 4.78. The highest BCUT2D eigenvalue weighted by Gasteiger charge is 2.26. The summed E-state index contributed by atoms with van der Waals surface area (Å²) in [6.07, 6.45) is 0. The molecule has 1 heterocycles. The van der Waals surface area contributed by atoms with Gasteiger partial charge in [0.15, 0.2) is 0 Å². The number of hydrogen-bond donors (Lipinski definition) is 1. The van der Waals surface area contributed by atoms with Crippen LogP contribution in [0, 0.1) is 11.3 Å². The molecule has 5 nitrogen and oxygen atoms in total. The summed E-state index contributed by atoms with van der Waals surface area (Å²) in [6, 6.07) is 27.6. The summed E-state index contributed by atoms with van der Waals surface area (Å²) in [5, 5.41) is 23.7. The molecule has 0 atom stereocenters. The molecule has 0 aliphatic heterocycles. The van der Waals surface area contributed by atoms with Gasteiger partial charge in [0.1, 0.15) is 11.3 Å². The van der Waals surface area contributed by atoms with E-state index in [9.17, 15) is 9.90 Å². The van der Waals surface area contributed by atoms with E-state index in [0.29, 0.717) is 22.5 Å². The molecule has 0 bridgehead atoms. The maximum atomic E-state index is 12.3. The van der Waals surface area contributed by atoms with Gasteiger partial charge in [-0.25, -0.2) is 9.48 Å². The van der Waals surface area contributed by atoms with Gasteiger partial charge in [0.05, 0.1) is 23.0 Å². The Hall–Kier alpha value is -4.17. The second-order valence-corrected chi connectivity index (χ2v) is 6.18. The third-order valence-corrected chi connectivity index (χ3v) is 4.43. The first-order valence-electron chi connectivity index (χ1n) is 8.66. The van der Waals surface area contributed by atoms with E-state index in [1.165, 1.54) is 0 Å². The highest BCUT2D eigenvalue weighted by molar-refractivity contribution is 6.01. The lowest BCUT2D eigenvalue weighted by molar-refractivity contribution is 0.0698. The number of hydrogen-bond acceptors (Lipinski definition) is 3. The third kappa shape index (κ3) is 3.04. The molecule has 5 heteroatoms. The van der Waals surface area contributed by atoms with E-state index in [4.69, 9.17) is 5.26 Å². The van der Waals surface area contributed by atoms with Crippen molar-refractivity contribution in [2.45, 2.75) is 0 Å². The molecule has 0 saturated carbocycles. The Kier molecular flexibility index (Phi) is 4.45. The summed E-state index contributed by atoms with van der Waals surface area (Å²) in [5.74, 6) is -1.06. The number of aromatic nitrogens is 2. The van der Waals surface area contributed by atoms with Gasteiger partial charge >= 0.3 is 5.97 Å². The summed E-state index contributed by atoms with van der Waals surface area (Å²) in [7, 11) is 0. The van der Waals surface area contributed by atoms with E-state index in [0.717, 1.165) is 11.3 Å². The summed E-state index contributed by atoms with van der Waals surface area (Å²) in [6.45, 7) is 0. The Balaban J connectivity index is 2.03. The number of rotatable bonds is 4. The lowest BCUT2D eigenvalue weighted by atomic mass is 10.0. The van der Waals surface area contributed by atoms with Crippen LogP contribution in [0.25, 0.3) is 28.2 Å². The molecule has 0 aliphatic rings. The quantitative estimate of drug-likeness (QED) is 0.565. The molecule has 4 rings (SSSR count). The van der Waals surface area contributed by atoms with Crippen LogP contribution in [0.4, 0.5) is 0 Å². The molecule has 0 radical (unpaired) electrons. The van der Waals surface area contributed by atoms with Crippen LogP contribution in [0.15, 0.2) is 84.9 Å². The first kappa shape index (κ1) is 17.3. The minimum atomic E-state index is -1.06. The van der Waals surface area contributed by atoms with Crippen LogP contribution in [0.3, 0.4) is 0 Å². The fraction of sp³-hybridized carbons (Fsp3) is 0. The van der Waals surface area contributed by atoms with E-state index in [2.05, 4.69) is 11.2 Å². The maximum Gasteiger partial charge on any atom is 0.340 e. The minimum absolute atomic E-state index is 0.125. The fourth-order valence-electron chi connectivity index (χ4n) is 3.14. The number of aromatic carboxylic acids is 1. The molecule has 0 unspecified atom stereocenters. The highest BCUT2D eigenvalue weighted by atomic mass is 16.4. The zero-order chi connectivity index (χ0) is 19.5. The zero-order valence-corrected chi connectivity index (χ0v) is 14.8. The molecule has 1 aromatic heterocycles. The average Bonchev–Trinajstić information content (AvgIpc) is 3.16. The average molecular weight is 365 g/mol. The van der Waals surface area contributed by atoms with E-state index < -0.39 is 5.97 Å². The van der Waals surface area contributed by atoms with E-state index >= 15 is 0 Å². The third-order valence-electron chi connectivity index (χ3n) is 4.43. The molecule has 4 aromatic rings. The Morgan fingerprint density at radius 2 is 1.46 bits per heavy atom. The first-order chi connectivity index (χ1) is 13.7. The van der Waals surface area contributed by atoms with Crippen molar-refractivity contribution in [3.8, 4) is 34.3 Å². The van der Waals surface area contributed by atoms with Gasteiger partial charge in [-0.05, 0) is 24.3 Å². The number of carboxylic acids is 1. The number of para-hydroxylation sites is 1. The zero-order valence-electron chi connectivity index (χ0n) is 14.8. The number of carboxylic acid groups (broad SMARTS) is 1. The van der Waals surface area contributed by atoms with Gasteiger partial charge in [0.25, 0.3) is 0 Å². The van der Waals surface area contributed by atoms with Crippen LogP contribution in [0.5, 0.6) is 0 Å². The number of carbonyl (C=O) groups is 1. The minimum Gasteiger partial charge on any atom is -0.478 e. The Bertz CT molecular complexity index is 1170. The van der Waals surface area contributed by atoms with Crippen LogP contribution in [-0.4, -0.2) is 20.9 Å². The Labute approximate surface area is 161 Å². The molecule has 134 valence electrons. The van der Waals surface area contributed by atoms with Gasteiger partial charge in [-0.15, -0.1) is 0 Å². The van der Waals surface area contributed by atoms with E-state index in [-0.39, 0.29) is 5.56 Å². The van der Waals surface area contributed by atoms with Crippen molar-refractivity contribution in [1.82, 2.24) is 9.78 Å². The largest absolute Gasteiger partial charge is 0.478 e. The second kappa shape index (κ2) is 7.22. The maximum absolute atomic E-state index is 12.3. The van der Waals surface area contributed by atoms with Crippen LogP contribution in [-0.2, 0) is 0 Å². The van der Waals surface area contributed by atoms with Crippen molar-refractivity contribution in [2.24, 2.45) is 0 Å². The van der Waals surface area contributed by atoms with Crippen molar-refractivity contribution in [2.75, 3.05) is 0 Å². The molecule has 1 N–H and O–H groups in total. The normalized spacial score (nSPS) is 10.4. The SMILES string of the molecule is N#Cc1ccc(-c2nn(-c3ccccc3)c(-c3ccccc3)c2C(=O)O)cc1. The van der Waals surface area contributed by atoms with Crippen LogP contribution in [0.2, 0.25) is 0 Å². The predicted molar refractivity (Wildman–Crippen MR) is 106 cm³/mol. The van der Waals surface area contributed by atoms with Gasteiger partial charge in [-0.3, -0.25) is 0 Å². The topological polar surface area (TPSA) is 78.9 Å². The fourth-order valence-corrected chi connectivity index (χ4v) is 3.14. The molecular formula is C23H15N3O2. The Morgan fingerprint density at radius 1 is 0.857 bits per heavy atom. The van der Waals surface area contributed by atoms with Crippen molar-refractivity contribution in [3.05, 3.63) is 96.1 Å². The second-order valence-electron chi connectivity index (χ2n) is 6.18. The molecule has 3 aromatic carbocycles. The molecule has 0 spiro atoms. The van der Waals surface area contributed by atoms with Gasteiger partial charge in [-0.2, -0.15) is 10.4 Å². The molecular weight excluding hydrogens is 350 g/mol. The van der Waals surface area contributed by atoms with Crippen LogP contribution < -0.4 is 0 Å². The van der Waals surface area contributed by atoms with E-state index in [1.807, 2.05) is 60.7 Å². The van der Waals surface area contributed by atoms with Crippen molar-refractivity contribution in [1.29, 1.82) is 5.26 Å². The van der Waals surface area contributed by atoms with Crippen molar-refractivity contribution < 1.29 is 9.90 Å². The lowest BCUT2D eigenvalue weighted by Gasteiger charge is -2.08. The summed E-state index contributed by atoms with van der Waals surface area (Å²) < 4.78 is 1.66. The Morgan fingerprint density at radius 3 is 2.04 bits per heavy atom. The smallest absolute Gasteiger partial charge is 0.340 e. The van der Waals surface area contributed by atoms with Crippen LogP contribution in [0.1, 0.15) is 15.9 Å². The van der Waals surface area contributed by atoms with Gasteiger partial charge in [-0.1, -0.05) is 60.7 Å². The molecule has 0 saturated heterocycles. The summed E-state index contributed by atoms with van der Waals surface area (Å²) in [5.41, 5.74) is 3.67.